The first-order valence-electron chi connectivity index (χ1n) is 5.63. The van der Waals surface area contributed by atoms with Crippen molar-refractivity contribution in [3.63, 3.8) is 0 Å². The molecule has 0 spiro atoms. The molecule has 0 fully saturated rings. The number of carbonyl (C=O) groups excluding carboxylic acids is 2. The Bertz CT molecular complexity index is 448. The van der Waals surface area contributed by atoms with E-state index in [-0.39, 0.29) is 30.6 Å². The second kappa shape index (κ2) is 7.22. The van der Waals surface area contributed by atoms with Crippen LogP contribution in [0.15, 0.2) is 22.8 Å². The van der Waals surface area contributed by atoms with Gasteiger partial charge in [0.1, 0.15) is 0 Å². The minimum atomic E-state index is -4.45. The van der Waals surface area contributed by atoms with Crippen molar-refractivity contribution in [1.82, 2.24) is 10.6 Å². The number of hydrogen-bond donors (Lipinski definition) is 2. The fourth-order valence-electron chi connectivity index (χ4n) is 1.25. The number of nitrogens with one attached hydrogen (secondary N) is 2. The molecule has 20 heavy (non-hydrogen) atoms. The van der Waals surface area contributed by atoms with Gasteiger partial charge in [0.2, 0.25) is 5.91 Å². The van der Waals surface area contributed by atoms with Crippen LogP contribution in [0.2, 0.25) is 0 Å². The van der Waals surface area contributed by atoms with Crippen LogP contribution in [-0.2, 0) is 4.79 Å². The highest BCUT2D eigenvalue weighted by Crippen LogP contribution is 2.33. The normalized spacial score (nSPS) is 12.8. The summed E-state index contributed by atoms with van der Waals surface area (Å²) in [5.74, 6) is -1.07. The van der Waals surface area contributed by atoms with Gasteiger partial charge in [-0.2, -0.15) is 13.2 Å². The van der Waals surface area contributed by atoms with Crippen LogP contribution in [0.5, 0.6) is 0 Å². The van der Waals surface area contributed by atoms with Crippen LogP contribution in [0.4, 0.5) is 13.2 Å². The lowest BCUT2D eigenvalue weighted by Crippen LogP contribution is -2.38. The van der Waals surface area contributed by atoms with Gasteiger partial charge in [-0.15, -0.1) is 0 Å². The van der Waals surface area contributed by atoms with E-state index in [9.17, 15) is 22.8 Å². The Kier molecular flexibility index (Phi) is 5.93. The SMILES string of the molecule is C[C@H](SC(F)(F)F)C(=O)NCCNC(=O)c1ccco1. The van der Waals surface area contributed by atoms with Crippen molar-refractivity contribution in [3.8, 4) is 0 Å². The third-order valence-corrected chi connectivity index (χ3v) is 2.97. The molecule has 112 valence electrons. The predicted molar refractivity (Wildman–Crippen MR) is 67.2 cm³/mol. The number of rotatable bonds is 6. The summed E-state index contributed by atoms with van der Waals surface area (Å²) in [6.45, 7) is 1.29. The summed E-state index contributed by atoms with van der Waals surface area (Å²) >= 11 is -0.387. The fourth-order valence-corrected chi connectivity index (χ4v) is 1.85. The van der Waals surface area contributed by atoms with Gasteiger partial charge in [-0.3, -0.25) is 9.59 Å². The summed E-state index contributed by atoms with van der Waals surface area (Å²) in [6, 6.07) is 3.02. The number of thioether (sulfide) groups is 1. The lowest BCUT2D eigenvalue weighted by molar-refractivity contribution is -0.120. The van der Waals surface area contributed by atoms with Crippen molar-refractivity contribution in [3.05, 3.63) is 24.2 Å². The molecule has 0 unspecified atom stereocenters. The summed E-state index contributed by atoms with van der Waals surface area (Å²) in [6.07, 6.45) is 1.34. The number of hydrogen-bond acceptors (Lipinski definition) is 4. The largest absolute Gasteiger partial charge is 0.459 e. The van der Waals surface area contributed by atoms with E-state index in [0.29, 0.717) is 0 Å². The summed E-state index contributed by atoms with van der Waals surface area (Å²) in [7, 11) is 0. The van der Waals surface area contributed by atoms with Crippen molar-refractivity contribution < 1.29 is 27.2 Å². The van der Waals surface area contributed by atoms with Crippen molar-refractivity contribution in [2.75, 3.05) is 13.1 Å². The first-order chi connectivity index (χ1) is 9.29. The Hall–Kier alpha value is -1.64. The van der Waals surface area contributed by atoms with Gasteiger partial charge in [-0.25, -0.2) is 0 Å². The second-order valence-corrected chi connectivity index (χ2v) is 5.14. The van der Waals surface area contributed by atoms with Crippen LogP contribution in [0.25, 0.3) is 0 Å². The van der Waals surface area contributed by atoms with E-state index in [4.69, 9.17) is 4.42 Å². The highest BCUT2D eigenvalue weighted by atomic mass is 32.2. The minimum absolute atomic E-state index is 0.0358. The molecule has 0 saturated carbocycles. The van der Waals surface area contributed by atoms with Gasteiger partial charge < -0.3 is 15.1 Å². The molecule has 0 aliphatic heterocycles. The Morgan fingerprint density at radius 2 is 2.00 bits per heavy atom. The second-order valence-electron chi connectivity index (χ2n) is 3.73. The van der Waals surface area contributed by atoms with Crippen molar-refractivity contribution in [2.24, 2.45) is 0 Å². The van der Waals surface area contributed by atoms with Crippen LogP contribution in [0.3, 0.4) is 0 Å². The van der Waals surface area contributed by atoms with E-state index < -0.39 is 22.6 Å². The average molecular weight is 310 g/mol. The first kappa shape index (κ1) is 16.4. The van der Waals surface area contributed by atoms with Crippen LogP contribution < -0.4 is 10.6 Å². The quantitative estimate of drug-likeness (QED) is 0.786. The van der Waals surface area contributed by atoms with Gasteiger partial charge in [0.15, 0.2) is 5.76 Å². The lowest BCUT2D eigenvalue weighted by atomic mass is 10.4. The molecule has 1 aromatic heterocycles. The molecule has 1 rings (SSSR count). The standard InChI is InChI=1S/C11H13F3N2O3S/c1-7(20-11(12,13)14)9(17)15-4-5-16-10(18)8-3-2-6-19-8/h2-3,6-7H,4-5H2,1H3,(H,15,17)(H,16,18)/t7-/m0/s1. The van der Waals surface area contributed by atoms with Crippen molar-refractivity contribution >= 4 is 23.6 Å². The molecule has 2 N–H and O–H groups in total. The van der Waals surface area contributed by atoms with Crippen molar-refractivity contribution in [1.29, 1.82) is 0 Å². The summed E-state index contributed by atoms with van der Waals surface area (Å²) in [5.41, 5.74) is -4.45. The molecule has 0 saturated heterocycles. The first-order valence-corrected chi connectivity index (χ1v) is 6.51. The number of amides is 2. The van der Waals surface area contributed by atoms with Crippen LogP contribution in [0.1, 0.15) is 17.5 Å². The molecule has 1 aromatic rings. The van der Waals surface area contributed by atoms with E-state index in [1.54, 1.807) is 6.07 Å². The lowest BCUT2D eigenvalue weighted by Gasteiger charge is -2.13. The zero-order chi connectivity index (χ0) is 15.2. The number of furan rings is 1. The summed E-state index contributed by atoms with van der Waals surface area (Å²) < 4.78 is 40.9. The van der Waals surface area contributed by atoms with E-state index in [0.717, 1.165) is 6.92 Å². The molecule has 1 atom stereocenters. The summed E-state index contributed by atoms with van der Waals surface area (Å²) in [4.78, 5) is 22.7. The molecule has 0 radical (unpaired) electrons. The van der Waals surface area contributed by atoms with Gasteiger partial charge in [-0.1, -0.05) is 0 Å². The maximum Gasteiger partial charge on any atom is 0.442 e. The van der Waals surface area contributed by atoms with E-state index >= 15 is 0 Å². The third-order valence-electron chi connectivity index (χ3n) is 2.13. The molecule has 5 nitrogen and oxygen atoms in total. The van der Waals surface area contributed by atoms with E-state index in [2.05, 4.69) is 10.6 Å². The highest BCUT2D eigenvalue weighted by molar-refractivity contribution is 8.01. The van der Waals surface area contributed by atoms with E-state index in [1.165, 1.54) is 12.3 Å². The zero-order valence-corrected chi connectivity index (χ0v) is 11.3. The molecule has 0 bridgehead atoms. The predicted octanol–water partition coefficient (Wildman–Crippen LogP) is 1.77. The maximum absolute atomic E-state index is 12.0. The topological polar surface area (TPSA) is 71.3 Å². The third kappa shape index (κ3) is 6.00. The fraction of sp³-hybridized carbons (Fsp3) is 0.455. The Labute approximate surface area is 117 Å². The summed E-state index contributed by atoms with van der Waals surface area (Å²) in [5, 5.41) is 3.51. The zero-order valence-electron chi connectivity index (χ0n) is 10.5. The molecule has 0 aromatic carbocycles. The Morgan fingerprint density at radius 3 is 2.55 bits per heavy atom. The van der Waals surface area contributed by atoms with Gasteiger partial charge in [0, 0.05) is 13.1 Å². The monoisotopic (exact) mass is 310 g/mol. The molecule has 9 heteroatoms. The average Bonchev–Trinajstić information content (AvgIpc) is 2.85. The van der Waals surface area contributed by atoms with Crippen LogP contribution >= 0.6 is 11.8 Å². The molecule has 0 aliphatic rings. The molecular formula is C11H13F3N2O3S. The van der Waals surface area contributed by atoms with Gasteiger partial charge in [0.05, 0.1) is 11.5 Å². The number of carbonyl (C=O) groups is 2. The molecular weight excluding hydrogens is 297 g/mol. The highest BCUT2D eigenvalue weighted by Gasteiger charge is 2.33. The Balaban J connectivity index is 2.21. The number of alkyl halides is 3. The minimum Gasteiger partial charge on any atom is -0.459 e. The Morgan fingerprint density at radius 1 is 1.35 bits per heavy atom. The maximum atomic E-state index is 12.0. The van der Waals surface area contributed by atoms with Gasteiger partial charge >= 0.3 is 5.51 Å². The van der Waals surface area contributed by atoms with Crippen molar-refractivity contribution in [2.45, 2.75) is 17.7 Å². The van der Waals surface area contributed by atoms with Gasteiger partial charge in [0.25, 0.3) is 5.91 Å². The molecule has 2 amide bonds. The van der Waals surface area contributed by atoms with Gasteiger partial charge in [-0.05, 0) is 30.8 Å². The number of halogens is 3. The van der Waals surface area contributed by atoms with Crippen LogP contribution in [-0.4, -0.2) is 35.7 Å². The molecule has 1 heterocycles. The smallest absolute Gasteiger partial charge is 0.442 e. The molecule has 0 aliphatic carbocycles. The van der Waals surface area contributed by atoms with E-state index in [1.807, 2.05) is 0 Å². The van der Waals surface area contributed by atoms with Crippen LogP contribution in [0, 0.1) is 0 Å².